The predicted octanol–water partition coefficient (Wildman–Crippen LogP) is 2.51. The fourth-order valence-electron chi connectivity index (χ4n) is 2.15. The van der Waals surface area contributed by atoms with Crippen LogP contribution >= 0.6 is 0 Å². The minimum absolute atomic E-state index is 0.250. The molecule has 1 rings (SSSR count). The maximum atomic E-state index is 13.4. The molecule has 0 saturated heterocycles. The fraction of sp³-hybridized carbons (Fsp3) is 0.471. The van der Waals surface area contributed by atoms with E-state index in [1.807, 2.05) is 0 Å². The van der Waals surface area contributed by atoms with Gasteiger partial charge in [-0.3, -0.25) is 4.90 Å². The average molecular weight is 287 g/mol. The molecule has 4 heteroatoms. The number of nitrogens with zero attached hydrogens (tertiary/aromatic N) is 2. The number of hydrogen-bond donors (Lipinski definition) is 1. The lowest BCUT2D eigenvalue weighted by molar-refractivity contribution is 0.241. The van der Waals surface area contributed by atoms with Crippen LogP contribution < -0.4 is 5.73 Å². The van der Waals surface area contributed by atoms with Crippen LogP contribution in [0.4, 0.5) is 4.39 Å². The van der Waals surface area contributed by atoms with Crippen LogP contribution in [-0.2, 0) is 6.54 Å². The van der Waals surface area contributed by atoms with Gasteiger partial charge in [0.05, 0.1) is 12.6 Å². The van der Waals surface area contributed by atoms with Crippen LogP contribution in [-0.4, -0.2) is 24.5 Å². The highest BCUT2D eigenvalue weighted by molar-refractivity contribution is 5.41. The van der Waals surface area contributed by atoms with Gasteiger partial charge in [-0.2, -0.15) is 5.26 Å². The molecule has 2 N–H and O–H groups in total. The van der Waals surface area contributed by atoms with Crippen molar-refractivity contribution >= 4 is 0 Å². The molecule has 0 aliphatic heterocycles. The van der Waals surface area contributed by atoms with Crippen LogP contribution in [0.1, 0.15) is 31.4 Å². The molecule has 0 heterocycles. The molecule has 3 nitrogen and oxygen atoms in total. The van der Waals surface area contributed by atoms with E-state index in [0.29, 0.717) is 31.0 Å². The minimum atomic E-state index is -0.299. The van der Waals surface area contributed by atoms with Crippen molar-refractivity contribution in [1.29, 1.82) is 5.26 Å². The molecule has 0 saturated carbocycles. The van der Waals surface area contributed by atoms with Crippen LogP contribution in [0, 0.1) is 34.9 Å². The summed E-state index contributed by atoms with van der Waals surface area (Å²) in [6.45, 7) is 6.78. The van der Waals surface area contributed by atoms with Gasteiger partial charge in [-0.25, -0.2) is 4.39 Å². The van der Waals surface area contributed by atoms with Gasteiger partial charge in [0, 0.05) is 31.6 Å². The first-order valence-electron chi connectivity index (χ1n) is 7.13. The standard InChI is InChI=1S/C17H22FN3/c1-14(2)12-21(10-4-9-20)13-16-6-7-17(18)11-15(16)5-3-8-19/h6-7,11,14H,4,8,10,12-13,19H2,1-2H3. The summed E-state index contributed by atoms with van der Waals surface area (Å²) >= 11 is 0. The van der Waals surface area contributed by atoms with Gasteiger partial charge < -0.3 is 5.73 Å². The van der Waals surface area contributed by atoms with Crippen LogP contribution in [0.5, 0.6) is 0 Å². The molecule has 0 aliphatic carbocycles. The Labute approximate surface area is 126 Å². The van der Waals surface area contributed by atoms with E-state index in [1.165, 1.54) is 12.1 Å². The SMILES string of the molecule is CC(C)CN(CCC#N)Cc1ccc(F)cc1C#CCN. The Morgan fingerprint density at radius 3 is 2.76 bits per heavy atom. The molecule has 0 unspecified atom stereocenters. The van der Waals surface area contributed by atoms with E-state index in [-0.39, 0.29) is 12.4 Å². The van der Waals surface area contributed by atoms with Gasteiger partial charge in [-0.05, 0) is 23.6 Å². The van der Waals surface area contributed by atoms with E-state index in [0.717, 1.165) is 12.1 Å². The summed E-state index contributed by atoms with van der Waals surface area (Å²) in [5, 5.41) is 8.76. The molecule has 21 heavy (non-hydrogen) atoms. The van der Waals surface area contributed by atoms with Gasteiger partial charge in [0.15, 0.2) is 0 Å². The maximum Gasteiger partial charge on any atom is 0.124 e. The Balaban J connectivity index is 2.93. The predicted molar refractivity (Wildman–Crippen MR) is 82.7 cm³/mol. The molecule has 1 aromatic carbocycles. The molecule has 0 aliphatic rings. The first-order valence-corrected chi connectivity index (χ1v) is 7.13. The zero-order chi connectivity index (χ0) is 15.7. The molecule has 0 fully saturated rings. The Morgan fingerprint density at radius 1 is 1.38 bits per heavy atom. The van der Waals surface area contributed by atoms with E-state index in [4.69, 9.17) is 11.0 Å². The number of hydrogen-bond acceptors (Lipinski definition) is 3. The van der Waals surface area contributed by atoms with Gasteiger partial charge in [-0.15, -0.1) is 0 Å². The van der Waals surface area contributed by atoms with Crippen LogP contribution in [0.2, 0.25) is 0 Å². The van der Waals surface area contributed by atoms with Crippen LogP contribution in [0.15, 0.2) is 18.2 Å². The molecular weight excluding hydrogens is 265 g/mol. The second kappa shape index (κ2) is 9.13. The summed E-state index contributed by atoms with van der Waals surface area (Å²) in [7, 11) is 0. The smallest absolute Gasteiger partial charge is 0.124 e. The van der Waals surface area contributed by atoms with Gasteiger partial charge in [-0.1, -0.05) is 31.8 Å². The van der Waals surface area contributed by atoms with Gasteiger partial charge in [0.25, 0.3) is 0 Å². The lowest BCUT2D eigenvalue weighted by Crippen LogP contribution is -2.28. The van der Waals surface area contributed by atoms with Crippen molar-refractivity contribution in [2.24, 2.45) is 11.7 Å². The summed E-state index contributed by atoms with van der Waals surface area (Å²) in [5.41, 5.74) is 7.02. The van der Waals surface area contributed by atoms with Crippen molar-refractivity contribution in [2.45, 2.75) is 26.8 Å². The molecular formula is C17H22FN3. The highest BCUT2D eigenvalue weighted by atomic mass is 19.1. The average Bonchev–Trinajstić information content (AvgIpc) is 2.44. The number of nitriles is 1. The monoisotopic (exact) mass is 287 g/mol. The Morgan fingerprint density at radius 2 is 2.14 bits per heavy atom. The number of rotatable bonds is 6. The van der Waals surface area contributed by atoms with Crippen molar-refractivity contribution in [3.8, 4) is 17.9 Å². The van der Waals surface area contributed by atoms with E-state index in [9.17, 15) is 4.39 Å². The van der Waals surface area contributed by atoms with Crippen LogP contribution in [0.3, 0.4) is 0 Å². The highest BCUT2D eigenvalue weighted by Crippen LogP contribution is 2.14. The summed E-state index contributed by atoms with van der Waals surface area (Å²) in [6.07, 6.45) is 0.484. The van der Waals surface area contributed by atoms with E-state index in [2.05, 4.69) is 36.7 Å². The Kier molecular flexibility index (Phi) is 7.46. The van der Waals surface area contributed by atoms with Gasteiger partial charge >= 0.3 is 0 Å². The first-order chi connectivity index (χ1) is 10.1. The molecule has 1 aromatic rings. The number of benzene rings is 1. The lowest BCUT2D eigenvalue weighted by atomic mass is 10.1. The molecule has 0 aromatic heterocycles. The van der Waals surface area contributed by atoms with Crippen LogP contribution in [0.25, 0.3) is 0 Å². The molecule has 0 bridgehead atoms. The van der Waals surface area contributed by atoms with Crippen molar-refractivity contribution in [3.05, 3.63) is 35.1 Å². The van der Waals surface area contributed by atoms with Crippen molar-refractivity contribution < 1.29 is 4.39 Å². The van der Waals surface area contributed by atoms with Crippen molar-refractivity contribution in [1.82, 2.24) is 4.90 Å². The Hall–Kier alpha value is -1.88. The minimum Gasteiger partial charge on any atom is -0.320 e. The molecule has 0 spiro atoms. The largest absolute Gasteiger partial charge is 0.320 e. The lowest BCUT2D eigenvalue weighted by Gasteiger charge is -2.23. The Bertz CT molecular complexity index is 549. The number of halogens is 1. The summed E-state index contributed by atoms with van der Waals surface area (Å²) < 4.78 is 13.4. The third-order valence-electron chi connectivity index (χ3n) is 2.95. The quantitative estimate of drug-likeness (QED) is 0.818. The normalized spacial score (nSPS) is 10.3. The topological polar surface area (TPSA) is 53.0 Å². The van der Waals surface area contributed by atoms with E-state index >= 15 is 0 Å². The van der Waals surface area contributed by atoms with Crippen molar-refractivity contribution in [2.75, 3.05) is 19.6 Å². The summed E-state index contributed by atoms with van der Waals surface area (Å²) in [4.78, 5) is 2.20. The zero-order valence-corrected chi connectivity index (χ0v) is 12.7. The van der Waals surface area contributed by atoms with E-state index in [1.54, 1.807) is 6.07 Å². The maximum absolute atomic E-state index is 13.4. The van der Waals surface area contributed by atoms with Gasteiger partial charge in [0.1, 0.15) is 5.82 Å². The zero-order valence-electron chi connectivity index (χ0n) is 12.7. The first kappa shape index (κ1) is 17.2. The molecule has 0 radical (unpaired) electrons. The fourth-order valence-corrected chi connectivity index (χ4v) is 2.15. The number of nitrogens with two attached hydrogens (primary N) is 1. The second-order valence-electron chi connectivity index (χ2n) is 5.34. The third-order valence-corrected chi connectivity index (χ3v) is 2.95. The summed E-state index contributed by atoms with van der Waals surface area (Å²) in [6, 6.07) is 6.81. The summed E-state index contributed by atoms with van der Waals surface area (Å²) in [5.74, 6) is 5.90. The highest BCUT2D eigenvalue weighted by Gasteiger charge is 2.11. The van der Waals surface area contributed by atoms with E-state index < -0.39 is 0 Å². The molecule has 0 atom stereocenters. The van der Waals surface area contributed by atoms with Gasteiger partial charge in [0.2, 0.25) is 0 Å². The second-order valence-corrected chi connectivity index (χ2v) is 5.34. The van der Waals surface area contributed by atoms with Crippen molar-refractivity contribution in [3.63, 3.8) is 0 Å². The molecule has 0 amide bonds. The molecule has 112 valence electrons. The third kappa shape index (κ3) is 6.40.